The van der Waals surface area contributed by atoms with Crippen LogP contribution in [0.15, 0.2) is 29.2 Å². The van der Waals surface area contributed by atoms with Crippen LogP contribution >= 0.6 is 11.8 Å². The predicted octanol–water partition coefficient (Wildman–Crippen LogP) is 2.55. The number of nitrogens with one attached hydrogen (secondary N) is 1. The molecule has 0 aliphatic carbocycles. The molecule has 1 aromatic rings. The molecule has 0 saturated carbocycles. The lowest BCUT2D eigenvalue weighted by atomic mass is 10.1. The Morgan fingerprint density at radius 1 is 1.44 bits per heavy atom. The zero-order valence-corrected chi connectivity index (χ0v) is 10.5. The molecule has 2 nitrogen and oxygen atoms in total. The Labute approximate surface area is 101 Å². The van der Waals surface area contributed by atoms with Crippen molar-refractivity contribution in [1.29, 1.82) is 0 Å². The molecule has 0 aliphatic heterocycles. The van der Waals surface area contributed by atoms with Gasteiger partial charge in [-0.3, -0.25) is 4.79 Å². The first-order chi connectivity index (χ1) is 7.50. The highest BCUT2D eigenvalue weighted by Crippen LogP contribution is 2.20. The van der Waals surface area contributed by atoms with Crippen LogP contribution in [0, 0.1) is 12.3 Å². The van der Waals surface area contributed by atoms with Crippen molar-refractivity contribution < 1.29 is 4.79 Å². The maximum atomic E-state index is 12.0. The fourth-order valence-electron chi connectivity index (χ4n) is 1.22. The van der Waals surface area contributed by atoms with Crippen molar-refractivity contribution in [1.82, 2.24) is 5.32 Å². The summed E-state index contributed by atoms with van der Waals surface area (Å²) >= 11 is 1.54. The summed E-state index contributed by atoms with van der Waals surface area (Å²) in [6, 6.07) is 7.47. The molecule has 1 N–H and O–H groups in total. The second kappa shape index (κ2) is 5.09. The number of hydrogen-bond acceptors (Lipinski definition) is 2. The molecule has 0 fully saturated rings. The third-order valence-corrected chi connectivity index (χ3v) is 2.93. The van der Waals surface area contributed by atoms with Gasteiger partial charge in [0.1, 0.15) is 0 Å². The van der Waals surface area contributed by atoms with Crippen LogP contribution in [0.4, 0.5) is 0 Å². The molecule has 1 rings (SSSR count). The van der Waals surface area contributed by atoms with Gasteiger partial charge in [0.2, 0.25) is 0 Å². The molecule has 0 aliphatic rings. The van der Waals surface area contributed by atoms with E-state index < -0.39 is 5.54 Å². The zero-order valence-electron chi connectivity index (χ0n) is 9.70. The minimum atomic E-state index is -0.622. The lowest BCUT2D eigenvalue weighted by Crippen LogP contribution is -2.42. The van der Waals surface area contributed by atoms with E-state index in [9.17, 15) is 4.79 Å². The smallest absolute Gasteiger partial charge is 0.253 e. The predicted molar refractivity (Wildman–Crippen MR) is 68.6 cm³/mol. The Bertz CT molecular complexity index is 432. The number of rotatable bonds is 3. The number of terminal acetylenes is 1. The van der Waals surface area contributed by atoms with Gasteiger partial charge in [-0.25, -0.2) is 0 Å². The van der Waals surface area contributed by atoms with E-state index in [-0.39, 0.29) is 5.91 Å². The molecular weight excluding hydrogens is 218 g/mol. The van der Waals surface area contributed by atoms with E-state index in [0.717, 1.165) is 4.90 Å². The Morgan fingerprint density at radius 3 is 2.62 bits per heavy atom. The molecule has 0 bridgehead atoms. The van der Waals surface area contributed by atoms with Gasteiger partial charge in [0.05, 0.1) is 11.1 Å². The van der Waals surface area contributed by atoms with E-state index in [1.54, 1.807) is 31.7 Å². The molecule has 0 unspecified atom stereocenters. The topological polar surface area (TPSA) is 29.1 Å². The van der Waals surface area contributed by atoms with Crippen molar-refractivity contribution in [2.75, 3.05) is 6.26 Å². The first-order valence-electron chi connectivity index (χ1n) is 4.93. The second-order valence-electron chi connectivity index (χ2n) is 3.92. The molecule has 16 heavy (non-hydrogen) atoms. The maximum Gasteiger partial charge on any atom is 0.253 e. The first kappa shape index (κ1) is 12.7. The summed E-state index contributed by atoms with van der Waals surface area (Å²) in [5, 5.41) is 2.81. The van der Waals surface area contributed by atoms with Gasteiger partial charge in [0.25, 0.3) is 5.91 Å². The quantitative estimate of drug-likeness (QED) is 0.642. The Kier molecular flexibility index (Phi) is 4.03. The Hall–Kier alpha value is -1.40. The van der Waals surface area contributed by atoms with Crippen LogP contribution in [0.2, 0.25) is 0 Å². The zero-order chi connectivity index (χ0) is 12.2. The summed E-state index contributed by atoms with van der Waals surface area (Å²) in [7, 11) is 0. The van der Waals surface area contributed by atoms with E-state index in [0.29, 0.717) is 5.56 Å². The third-order valence-electron chi connectivity index (χ3n) is 2.14. The van der Waals surface area contributed by atoms with Gasteiger partial charge in [0.15, 0.2) is 0 Å². The lowest BCUT2D eigenvalue weighted by Gasteiger charge is -2.20. The molecule has 84 valence electrons. The minimum Gasteiger partial charge on any atom is -0.336 e. The molecule has 0 saturated heterocycles. The molecule has 0 heterocycles. The average Bonchev–Trinajstić information content (AvgIpc) is 2.28. The molecular formula is C13H15NOS. The molecule has 0 aromatic heterocycles. The molecule has 0 spiro atoms. The number of carbonyl (C=O) groups excluding carboxylic acids is 1. The maximum absolute atomic E-state index is 12.0. The minimum absolute atomic E-state index is 0.132. The van der Waals surface area contributed by atoms with Crippen molar-refractivity contribution in [3.05, 3.63) is 29.8 Å². The monoisotopic (exact) mass is 233 g/mol. The van der Waals surface area contributed by atoms with E-state index in [1.807, 2.05) is 24.5 Å². The first-order valence-corrected chi connectivity index (χ1v) is 6.16. The summed E-state index contributed by atoms with van der Waals surface area (Å²) in [4.78, 5) is 12.9. The highest BCUT2D eigenvalue weighted by molar-refractivity contribution is 7.98. The standard InChI is InChI=1S/C13H15NOS/c1-5-13(2,3)14-12(15)10-8-6-7-9-11(10)16-4/h1,6-9H,2-4H3,(H,14,15). The van der Waals surface area contributed by atoms with Gasteiger partial charge < -0.3 is 5.32 Å². The molecule has 0 atom stereocenters. The van der Waals surface area contributed by atoms with Gasteiger partial charge >= 0.3 is 0 Å². The van der Waals surface area contributed by atoms with E-state index in [4.69, 9.17) is 6.42 Å². The van der Waals surface area contributed by atoms with Crippen LogP contribution < -0.4 is 5.32 Å². The molecule has 3 heteroatoms. The van der Waals surface area contributed by atoms with Gasteiger partial charge in [-0.1, -0.05) is 18.1 Å². The van der Waals surface area contributed by atoms with Crippen molar-refractivity contribution in [3.63, 3.8) is 0 Å². The summed E-state index contributed by atoms with van der Waals surface area (Å²) in [6.45, 7) is 3.60. The van der Waals surface area contributed by atoms with E-state index in [1.165, 1.54) is 0 Å². The summed E-state index contributed by atoms with van der Waals surface area (Å²) in [6.07, 6.45) is 7.28. The van der Waals surface area contributed by atoms with Crippen molar-refractivity contribution in [3.8, 4) is 12.3 Å². The Balaban J connectivity index is 2.94. The molecule has 1 aromatic carbocycles. The normalized spacial score (nSPS) is 10.6. The highest BCUT2D eigenvalue weighted by Gasteiger charge is 2.19. The number of carbonyl (C=O) groups is 1. The van der Waals surface area contributed by atoms with Crippen LogP contribution in [-0.2, 0) is 0 Å². The van der Waals surface area contributed by atoms with Crippen LogP contribution in [0.1, 0.15) is 24.2 Å². The second-order valence-corrected chi connectivity index (χ2v) is 4.77. The molecule has 0 radical (unpaired) electrons. The van der Waals surface area contributed by atoms with Crippen LogP contribution in [0.5, 0.6) is 0 Å². The van der Waals surface area contributed by atoms with Crippen LogP contribution in [0.3, 0.4) is 0 Å². The van der Waals surface area contributed by atoms with Crippen molar-refractivity contribution >= 4 is 17.7 Å². The SMILES string of the molecule is C#CC(C)(C)NC(=O)c1ccccc1SC. The van der Waals surface area contributed by atoms with Gasteiger partial charge in [-0.05, 0) is 32.2 Å². The summed E-state index contributed by atoms with van der Waals surface area (Å²) in [5.41, 5.74) is 0.0427. The van der Waals surface area contributed by atoms with Crippen LogP contribution in [0.25, 0.3) is 0 Å². The van der Waals surface area contributed by atoms with Crippen LogP contribution in [-0.4, -0.2) is 17.7 Å². The fraction of sp³-hybridized carbons (Fsp3) is 0.308. The van der Waals surface area contributed by atoms with E-state index >= 15 is 0 Å². The lowest BCUT2D eigenvalue weighted by molar-refractivity contribution is 0.0927. The number of amides is 1. The number of hydrogen-bond donors (Lipinski definition) is 1. The van der Waals surface area contributed by atoms with Crippen molar-refractivity contribution in [2.45, 2.75) is 24.3 Å². The number of benzene rings is 1. The molecule has 1 amide bonds. The highest BCUT2D eigenvalue weighted by atomic mass is 32.2. The van der Waals surface area contributed by atoms with Gasteiger partial charge in [-0.15, -0.1) is 18.2 Å². The fourth-order valence-corrected chi connectivity index (χ4v) is 1.81. The summed E-state index contributed by atoms with van der Waals surface area (Å²) < 4.78 is 0. The van der Waals surface area contributed by atoms with Crippen molar-refractivity contribution in [2.24, 2.45) is 0 Å². The Morgan fingerprint density at radius 2 is 2.06 bits per heavy atom. The van der Waals surface area contributed by atoms with Gasteiger partial charge in [0, 0.05) is 4.90 Å². The third kappa shape index (κ3) is 3.04. The largest absolute Gasteiger partial charge is 0.336 e. The van der Waals surface area contributed by atoms with E-state index in [2.05, 4.69) is 11.2 Å². The average molecular weight is 233 g/mol. The number of thioether (sulfide) groups is 1. The van der Waals surface area contributed by atoms with Gasteiger partial charge in [-0.2, -0.15) is 0 Å². The summed E-state index contributed by atoms with van der Waals surface area (Å²) in [5.74, 6) is 2.41.